The molecule has 2 amide bonds. The fraction of sp³-hybridized carbons (Fsp3) is 0.333. The van der Waals surface area contributed by atoms with E-state index in [1.54, 1.807) is 24.3 Å². The van der Waals surface area contributed by atoms with E-state index < -0.39 is 0 Å². The van der Waals surface area contributed by atoms with E-state index in [2.05, 4.69) is 5.32 Å². The molecule has 138 valence electrons. The summed E-state index contributed by atoms with van der Waals surface area (Å²) in [6, 6.07) is 17.1. The highest BCUT2D eigenvalue weighted by molar-refractivity contribution is 5.97. The van der Waals surface area contributed by atoms with Crippen LogP contribution in [0.3, 0.4) is 0 Å². The van der Waals surface area contributed by atoms with Gasteiger partial charge in [0, 0.05) is 19.2 Å². The van der Waals surface area contributed by atoms with Crippen LogP contribution in [0.2, 0.25) is 0 Å². The first kappa shape index (κ1) is 19.5. The van der Waals surface area contributed by atoms with E-state index in [1.165, 1.54) is 11.8 Å². The molecule has 0 saturated heterocycles. The molecule has 0 aliphatic rings. The van der Waals surface area contributed by atoms with Gasteiger partial charge >= 0.3 is 0 Å². The number of ether oxygens (including phenoxy) is 1. The molecule has 2 aromatic rings. The monoisotopic (exact) mass is 354 g/mol. The maximum absolute atomic E-state index is 12.2. The van der Waals surface area contributed by atoms with Crippen molar-refractivity contribution in [2.75, 3.05) is 18.0 Å². The Bertz CT molecular complexity index is 712. The number of nitrogens with zero attached hydrogens (tertiary/aromatic N) is 1. The van der Waals surface area contributed by atoms with E-state index in [-0.39, 0.29) is 24.5 Å². The smallest absolute Gasteiger partial charge is 0.240 e. The first-order valence-corrected chi connectivity index (χ1v) is 8.81. The summed E-state index contributed by atoms with van der Waals surface area (Å²) in [6.45, 7) is 5.89. The normalized spacial score (nSPS) is 10.5. The fourth-order valence-corrected chi connectivity index (χ4v) is 2.55. The maximum atomic E-state index is 12.2. The second kappa shape index (κ2) is 9.61. The van der Waals surface area contributed by atoms with Crippen LogP contribution >= 0.6 is 0 Å². The molecule has 0 aliphatic heterocycles. The maximum Gasteiger partial charge on any atom is 0.240 e. The molecule has 0 atom stereocenters. The molecule has 1 N–H and O–H groups in total. The third-order valence-corrected chi connectivity index (χ3v) is 3.78. The van der Waals surface area contributed by atoms with Gasteiger partial charge in [-0.15, -0.1) is 0 Å². The van der Waals surface area contributed by atoms with Crippen molar-refractivity contribution < 1.29 is 14.3 Å². The third kappa shape index (κ3) is 6.24. The second-order valence-electron chi connectivity index (χ2n) is 6.35. The first-order valence-electron chi connectivity index (χ1n) is 8.81. The summed E-state index contributed by atoms with van der Waals surface area (Å²) in [5, 5.41) is 2.87. The molecule has 2 aromatic carbocycles. The van der Waals surface area contributed by atoms with Gasteiger partial charge in [0.15, 0.2) is 0 Å². The van der Waals surface area contributed by atoms with Crippen LogP contribution in [-0.2, 0) is 16.0 Å². The fourth-order valence-electron chi connectivity index (χ4n) is 2.55. The van der Waals surface area contributed by atoms with Gasteiger partial charge in [-0.25, -0.2) is 0 Å². The number of anilines is 1. The predicted octanol–water partition coefficient (Wildman–Crippen LogP) is 3.19. The Hall–Kier alpha value is -2.82. The van der Waals surface area contributed by atoms with Crippen LogP contribution in [0.25, 0.3) is 0 Å². The minimum atomic E-state index is -0.182. The van der Waals surface area contributed by atoms with E-state index in [1.807, 2.05) is 44.2 Å². The Morgan fingerprint density at radius 1 is 1.04 bits per heavy atom. The molecule has 0 aliphatic carbocycles. The standard InChI is InChI=1S/C21H26N2O3/c1-16(2)26-20-11-9-19(10-12-20)23(17(3)24)15-21(25)22-14-13-18-7-5-4-6-8-18/h4-12,16H,13-15H2,1-3H3,(H,22,25). The van der Waals surface area contributed by atoms with E-state index in [9.17, 15) is 9.59 Å². The molecule has 2 rings (SSSR count). The van der Waals surface area contributed by atoms with E-state index in [0.29, 0.717) is 12.2 Å². The van der Waals surface area contributed by atoms with Crippen molar-refractivity contribution in [2.24, 2.45) is 0 Å². The van der Waals surface area contributed by atoms with Gasteiger partial charge in [-0.1, -0.05) is 30.3 Å². The van der Waals surface area contributed by atoms with Crippen LogP contribution < -0.4 is 15.0 Å². The van der Waals surface area contributed by atoms with Crippen LogP contribution in [0.1, 0.15) is 26.3 Å². The lowest BCUT2D eigenvalue weighted by Gasteiger charge is -2.21. The van der Waals surface area contributed by atoms with Crippen LogP contribution in [-0.4, -0.2) is 31.0 Å². The lowest BCUT2D eigenvalue weighted by Crippen LogP contribution is -2.40. The predicted molar refractivity (Wildman–Crippen MR) is 103 cm³/mol. The van der Waals surface area contributed by atoms with Crippen molar-refractivity contribution in [3.05, 3.63) is 60.2 Å². The van der Waals surface area contributed by atoms with Gasteiger partial charge in [0.2, 0.25) is 11.8 Å². The van der Waals surface area contributed by atoms with Crippen molar-refractivity contribution in [3.63, 3.8) is 0 Å². The molecule has 5 nitrogen and oxygen atoms in total. The Kier molecular flexibility index (Phi) is 7.21. The van der Waals surface area contributed by atoms with E-state index >= 15 is 0 Å². The highest BCUT2D eigenvalue weighted by Gasteiger charge is 2.15. The molecule has 0 spiro atoms. The minimum absolute atomic E-state index is 0.00545. The summed E-state index contributed by atoms with van der Waals surface area (Å²) in [5.74, 6) is 0.374. The molecule has 5 heteroatoms. The number of carbonyl (C=O) groups is 2. The molecule has 0 aromatic heterocycles. The summed E-state index contributed by atoms with van der Waals surface area (Å²) in [5.41, 5.74) is 1.84. The van der Waals surface area contributed by atoms with Crippen LogP contribution in [0.5, 0.6) is 5.75 Å². The molecule has 26 heavy (non-hydrogen) atoms. The molecule has 0 fully saturated rings. The Morgan fingerprint density at radius 2 is 1.69 bits per heavy atom. The summed E-state index contributed by atoms with van der Waals surface area (Å²) in [6.07, 6.45) is 0.841. The number of carbonyl (C=O) groups excluding carboxylic acids is 2. The molecule has 0 saturated carbocycles. The average Bonchev–Trinajstić information content (AvgIpc) is 2.61. The summed E-state index contributed by atoms with van der Waals surface area (Å²) >= 11 is 0. The molecule has 0 bridgehead atoms. The zero-order valence-corrected chi connectivity index (χ0v) is 15.6. The second-order valence-corrected chi connectivity index (χ2v) is 6.35. The molecule has 0 radical (unpaired) electrons. The quantitative estimate of drug-likeness (QED) is 0.792. The molecular formula is C21H26N2O3. The summed E-state index contributed by atoms with van der Waals surface area (Å²) in [7, 11) is 0. The van der Waals surface area contributed by atoms with E-state index in [0.717, 1.165) is 17.7 Å². The summed E-state index contributed by atoms with van der Waals surface area (Å²) < 4.78 is 5.60. The number of rotatable bonds is 8. The average molecular weight is 354 g/mol. The van der Waals surface area contributed by atoms with Crippen molar-refractivity contribution >= 4 is 17.5 Å². The number of amides is 2. The Labute approximate surface area is 155 Å². The van der Waals surface area contributed by atoms with Gasteiger partial charge in [-0.3, -0.25) is 9.59 Å². The number of nitrogens with one attached hydrogen (secondary N) is 1. The lowest BCUT2D eigenvalue weighted by molar-refractivity contribution is -0.123. The number of hydrogen-bond acceptors (Lipinski definition) is 3. The van der Waals surface area contributed by atoms with E-state index in [4.69, 9.17) is 4.74 Å². The lowest BCUT2D eigenvalue weighted by atomic mass is 10.1. The minimum Gasteiger partial charge on any atom is -0.491 e. The van der Waals surface area contributed by atoms with Gasteiger partial charge in [-0.05, 0) is 50.1 Å². The van der Waals surface area contributed by atoms with Crippen LogP contribution in [0.15, 0.2) is 54.6 Å². The zero-order valence-electron chi connectivity index (χ0n) is 15.6. The van der Waals surface area contributed by atoms with Gasteiger partial charge in [0.25, 0.3) is 0 Å². The van der Waals surface area contributed by atoms with Gasteiger partial charge < -0.3 is 15.0 Å². The van der Waals surface area contributed by atoms with Crippen LogP contribution in [0, 0.1) is 0 Å². The molecular weight excluding hydrogens is 328 g/mol. The van der Waals surface area contributed by atoms with Gasteiger partial charge in [0.05, 0.1) is 6.10 Å². The van der Waals surface area contributed by atoms with Crippen molar-refractivity contribution in [1.82, 2.24) is 5.32 Å². The Morgan fingerprint density at radius 3 is 2.27 bits per heavy atom. The largest absolute Gasteiger partial charge is 0.491 e. The van der Waals surface area contributed by atoms with Crippen molar-refractivity contribution in [1.29, 1.82) is 0 Å². The third-order valence-electron chi connectivity index (χ3n) is 3.78. The SMILES string of the molecule is CC(=O)N(CC(=O)NCCc1ccccc1)c1ccc(OC(C)C)cc1. The zero-order chi connectivity index (χ0) is 18.9. The Balaban J connectivity index is 1.90. The summed E-state index contributed by atoms with van der Waals surface area (Å²) in [4.78, 5) is 25.6. The number of benzene rings is 2. The van der Waals surface area contributed by atoms with Crippen molar-refractivity contribution in [3.8, 4) is 5.75 Å². The number of hydrogen-bond donors (Lipinski definition) is 1. The molecule has 0 unspecified atom stereocenters. The highest BCUT2D eigenvalue weighted by Crippen LogP contribution is 2.20. The first-order chi connectivity index (χ1) is 12.5. The molecule has 0 heterocycles. The van der Waals surface area contributed by atoms with Crippen LogP contribution in [0.4, 0.5) is 5.69 Å². The topological polar surface area (TPSA) is 58.6 Å². The van der Waals surface area contributed by atoms with Gasteiger partial charge in [-0.2, -0.15) is 0 Å². The highest BCUT2D eigenvalue weighted by atomic mass is 16.5. The van der Waals surface area contributed by atoms with Crippen molar-refractivity contribution in [2.45, 2.75) is 33.3 Å². The van der Waals surface area contributed by atoms with Gasteiger partial charge in [0.1, 0.15) is 12.3 Å².